The summed E-state index contributed by atoms with van der Waals surface area (Å²) in [6.45, 7) is 6.30. The fourth-order valence-electron chi connectivity index (χ4n) is 2.37. The van der Waals surface area contributed by atoms with Crippen molar-refractivity contribution in [2.24, 2.45) is 0 Å². The van der Waals surface area contributed by atoms with Gasteiger partial charge in [-0.2, -0.15) is 0 Å². The maximum absolute atomic E-state index is 12.2. The monoisotopic (exact) mass is 343 g/mol. The highest BCUT2D eigenvalue weighted by molar-refractivity contribution is 6.41. The van der Waals surface area contributed by atoms with E-state index in [4.69, 9.17) is 27.6 Å². The number of hydrogen-bond donors (Lipinski definition) is 2. The van der Waals surface area contributed by atoms with E-state index in [9.17, 15) is 4.79 Å². The summed E-state index contributed by atoms with van der Waals surface area (Å²) in [4.78, 5) is 17.1. The number of carbonyl (C=O) groups is 1. The van der Waals surface area contributed by atoms with Gasteiger partial charge in [0.15, 0.2) is 0 Å². The molecular formula is C15H19Cl2N3O2. The molecule has 0 aromatic carbocycles. The molecule has 120 valence electrons. The topological polar surface area (TPSA) is 61.3 Å². The number of likely N-dealkylation sites (N-methyl/N-ethyl adjacent to an activating group) is 1. The molecule has 5 nitrogen and oxygen atoms in total. The molecule has 1 amide bonds. The number of nitrogens with one attached hydrogen (secondary N) is 2. The number of rotatable bonds is 7. The van der Waals surface area contributed by atoms with E-state index in [1.807, 2.05) is 12.1 Å². The molecule has 0 aliphatic heterocycles. The second-order valence-electron chi connectivity index (χ2n) is 4.81. The Labute approximate surface area is 139 Å². The van der Waals surface area contributed by atoms with Crippen molar-refractivity contribution in [2.45, 2.75) is 19.9 Å². The number of hydrogen-bond acceptors (Lipinski definition) is 3. The van der Waals surface area contributed by atoms with Crippen LogP contribution < -0.4 is 5.32 Å². The van der Waals surface area contributed by atoms with Crippen LogP contribution in [-0.2, 0) is 0 Å². The largest absolute Gasteiger partial charge is 0.468 e. The van der Waals surface area contributed by atoms with E-state index in [0.29, 0.717) is 17.3 Å². The van der Waals surface area contributed by atoms with E-state index >= 15 is 0 Å². The van der Waals surface area contributed by atoms with Crippen LogP contribution in [0.2, 0.25) is 10.2 Å². The zero-order valence-electron chi connectivity index (χ0n) is 12.5. The number of halogens is 2. The fraction of sp³-hybridized carbons (Fsp3) is 0.400. The Morgan fingerprint density at radius 3 is 2.64 bits per heavy atom. The first-order chi connectivity index (χ1) is 10.6. The number of nitrogens with zero attached hydrogens (tertiary/aromatic N) is 1. The standard InChI is InChI=1S/C15H19Cl2N3O2/c1-3-20(4-2)12(13-6-5-7-22-13)9-18-15(21)11-8-10(16)14(17)19-11/h5-8,12,19H,3-4,9H2,1-2H3,(H,18,21). The lowest BCUT2D eigenvalue weighted by atomic mass is 10.2. The molecule has 2 N–H and O–H groups in total. The molecule has 0 spiro atoms. The number of amides is 1. The van der Waals surface area contributed by atoms with Crippen LogP contribution in [0.1, 0.15) is 36.1 Å². The van der Waals surface area contributed by atoms with Crippen LogP contribution in [0.15, 0.2) is 28.9 Å². The summed E-state index contributed by atoms with van der Waals surface area (Å²) in [6, 6.07) is 5.25. The Bertz CT molecular complexity index is 587. The Balaban J connectivity index is 2.06. The first kappa shape index (κ1) is 16.9. The molecule has 7 heteroatoms. The quantitative estimate of drug-likeness (QED) is 0.805. The summed E-state index contributed by atoms with van der Waals surface area (Å²) in [7, 11) is 0. The number of aromatic nitrogens is 1. The van der Waals surface area contributed by atoms with Crippen molar-refractivity contribution in [1.29, 1.82) is 0 Å². The lowest BCUT2D eigenvalue weighted by Crippen LogP contribution is -2.38. The Morgan fingerprint density at radius 2 is 2.14 bits per heavy atom. The first-order valence-corrected chi connectivity index (χ1v) is 7.92. The van der Waals surface area contributed by atoms with Gasteiger partial charge in [0.05, 0.1) is 17.3 Å². The van der Waals surface area contributed by atoms with Crippen LogP contribution in [-0.4, -0.2) is 35.4 Å². The normalized spacial score (nSPS) is 12.6. The van der Waals surface area contributed by atoms with Gasteiger partial charge in [-0.25, -0.2) is 0 Å². The highest BCUT2D eigenvalue weighted by atomic mass is 35.5. The predicted molar refractivity (Wildman–Crippen MR) is 87.5 cm³/mol. The molecule has 0 fully saturated rings. The number of carbonyl (C=O) groups excluding carboxylic acids is 1. The SMILES string of the molecule is CCN(CC)C(CNC(=O)c1cc(Cl)c(Cl)[nH]1)c1ccco1. The third kappa shape index (κ3) is 3.85. The smallest absolute Gasteiger partial charge is 0.267 e. The van der Waals surface area contributed by atoms with E-state index in [1.165, 1.54) is 6.07 Å². The van der Waals surface area contributed by atoms with Crippen molar-refractivity contribution < 1.29 is 9.21 Å². The average molecular weight is 344 g/mol. The molecular weight excluding hydrogens is 325 g/mol. The maximum atomic E-state index is 12.2. The van der Waals surface area contributed by atoms with Gasteiger partial charge < -0.3 is 14.7 Å². The van der Waals surface area contributed by atoms with Crippen molar-refractivity contribution in [1.82, 2.24) is 15.2 Å². The summed E-state index contributed by atoms with van der Waals surface area (Å²) in [6.07, 6.45) is 1.64. The van der Waals surface area contributed by atoms with Gasteiger partial charge in [0.2, 0.25) is 0 Å². The van der Waals surface area contributed by atoms with Crippen molar-refractivity contribution in [3.05, 3.63) is 46.1 Å². The Morgan fingerprint density at radius 1 is 1.41 bits per heavy atom. The fourth-order valence-corrected chi connectivity index (χ4v) is 2.68. The summed E-state index contributed by atoms with van der Waals surface area (Å²) in [5, 5.41) is 3.48. The lowest BCUT2D eigenvalue weighted by Gasteiger charge is -2.28. The van der Waals surface area contributed by atoms with Gasteiger partial charge in [0.1, 0.15) is 16.6 Å². The number of H-pyrrole nitrogens is 1. The molecule has 0 radical (unpaired) electrons. The van der Waals surface area contributed by atoms with E-state index < -0.39 is 0 Å². The van der Waals surface area contributed by atoms with Gasteiger partial charge in [0.25, 0.3) is 5.91 Å². The lowest BCUT2D eigenvalue weighted by molar-refractivity contribution is 0.0925. The molecule has 2 rings (SSSR count). The minimum Gasteiger partial charge on any atom is -0.468 e. The predicted octanol–water partition coefficient (Wildman–Crippen LogP) is 3.73. The van der Waals surface area contributed by atoms with Gasteiger partial charge in [-0.1, -0.05) is 37.0 Å². The van der Waals surface area contributed by atoms with Crippen molar-refractivity contribution >= 4 is 29.1 Å². The van der Waals surface area contributed by atoms with Gasteiger partial charge >= 0.3 is 0 Å². The first-order valence-electron chi connectivity index (χ1n) is 7.16. The average Bonchev–Trinajstić information content (AvgIpc) is 3.14. The van der Waals surface area contributed by atoms with Gasteiger partial charge in [-0.15, -0.1) is 0 Å². The zero-order chi connectivity index (χ0) is 16.1. The molecule has 2 aromatic rings. The van der Waals surface area contributed by atoms with Crippen LogP contribution in [0.5, 0.6) is 0 Å². The highest BCUT2D eigenvalue weighted by Crippen LogP contribution is 2.23. The summed E-state index contributed by atoms with van der Waals surface area (Å²) >= 11 is 11.7. The second kappa shape index (κ2) is 7.72. The molecule has 22 heavy (non-hydrogen) atoms. The molecule has 1 unspecified atom stereocenters. The van der Waals surface area contributed by atoms with E-state index in [0.717, 1.165) is 18.8 Å². The molecule has 0 aliphatic carbocycles. The van der Waals surface area contributed by atoms with Gasteiger partial charge in [-0.05, 0) is 31.3 Å². The second-order valence-corrected chi connectivity index (χ2v) is 5.59. The minimum absolute atomic E-state index is 0.0187. The summed E-state index contributed by atoms with van der Waals surface area (Å²) < 4.78 is 5.50. The molecule has 1 atom stereocenters. The summed E-state index contributed by atoms with van der Waals surface area (Å²) in [5.74, 6) is 0.573. The van der Waals surface area contributed by atoms with E-state index in [-0.39, 0.29) is 17.1 Å². The number of furan rings is 1. The molecule has 0 saturated carbocycles. The Hall–Kier alpha value is -1.43. The minimum atomic E-state index is -0.252. The van der Waals surface area contributed by atoms with Crippen LogP contribution in [0.4, 0.5) is 0 Å². The molecule has 0 bridgehead atoms. The third-order valence-electron chi connectivity index (χ3n) is 3.55. The van der Waals surface area contributed by atoms with Crippen LogP contribution in [0.25, 0.3) is 0 Å². The van der Waals surface area contributed by atoms with E-state index in [1.54, 1.807) is 6.26 Å². The summed E-state index contributed by atoms with van der Waals surface area (Å²) in [5.41, 5.74) is 0.341. The van der Waals surface area contributed by atoms with Crippen molar-refractivity contribution in [3.63, 3.8) is 0 Å². The molecule has 2 heterocycles. The highest BCUT2D eigenvalue weighted by Gasteiger charge is 2.22. The molecule has 0 aliphatic rings. The third-order valence-corrected chi connectivity index (χ3v) is 4.24. The molecule has 2 aromatic heterocycles. The van der Waals surface area contributed by atoms with Crippen molar-refractivity contribution in [2.75, 3.05) is 19.6 Å². The molecule has 0 saturated heterocycles. The van der Waals surface area contributed by atoms with E-state index in [2.05, 4.69) is 29.0 Å². The van der Waals surface area contributed by atoms with Crippen LogP contribution in [0, 0.1) is 0 Å². The zero-order valence-corrected chi connectivity index (χ0v) is 14.0. The van der Waals surface area contributed by atoms with Crippen LogP contribution >= 0.6 is 23.2 Å². The van der Waals surface area contributed by atoms with Gasteiger partial charge in [0, 0.05) is 6.54 Å². The van der Waals surface area contributed by atoms with Crippen molar-refractivity contribution in [3.8, 4) is 0 Å². The maximum Gasteiger partial charge on any atom is 0.267 e. The Kier molecular flexibility index (Phi) is 5.94. The van der Waals surface area contributed by atoms with Crippen LogP contribution in [0.3, 0.4) is 0 Å². The van der Waals surface area contributed by atoms with Gasteiger partial charge in [-0.3, -0.25) is 9.69 Å². The number of aromatic amines is 1.